The fraction of sp³-hybridized carbons (Fsp3) is 0.500. The largest absolute Gasteiger partial charge is 0.490 e. The van der Waals surface area contributed by atoms with Gasteiger partial charge in [-0.05, 0) is 39.8 Å². The lowest BCUT2D eigenvalue weighted by Gasteiger charge is -2.13. The molecule has 0 aliphatic heterocycles. The van der Waals surface area contributed by atoms with Crippen molar-refractivity contribution >= 4 is 5.71 Å². The van der Waals surface area contributed by atoms with E-state index in [0.717, 1.165) is 11.1 Å². The molecule has 0 saturated carbocycles. The molecule has 0 saturated heterocycles. The Hall–Kier alpha value is -1.55. The number of rotatable bonds is 6. The van der Waals surface area contributed by atoms with Crippen LogP contribution in [0.25, 0.3) is 0 Å². The van der Waals surface area contributed by atoms with E-state index in [1.54, 1.807) is 6.92 Å². The van der Waals surface area contributed by atoms with Gasteiger partial charge in [0.2, 0.25) is 0 Å². The standard InChI is InChI=1S/C14H21NO3/c1-10(2)17-7-8-18-14-6-5-11(3)9-13(14)12(4)15-16/h5-6,9-10,16H,7-8H2,1-4H3. The number of aryl methyl sites for hydroxylation is 1. The van der Waals surface area contributed by atoms with Crippen molar-refractivity contribution < 1.29 is 14.7 Å². The van der Waals surface area contributed by atoms with Gasteiger partial charge in [0.15, 0.2) is 0 Å². The lowest BCUT2D eigenvalue weighted by Crippen LogP contribution is -2.12. The summed E-state index contributed by atoms with van der Waals surface area (Å²) in [5, 5.41) is 12.1. The number of ether oxygens (including phenoxy) is 2. The van der Waals surface area contributed by atoms with Gasteiger partial charge in [-0.3, -0.25) is 0 Å². The summed E-state index contributed by atoms with van der Waals surface area (Å²) >= 11 is 0. The summed E-state index contributed by atoms with van der Waals surface area (Å²) in [4.78, 5) is 0. The maximum Gasteiger partial charge on any atom is 0.128 e. The molecule has 1 rings (SSSR count). The second kappa shape index (κ2) is 7.01. The normalized spacial score (nSPS) is 11.9. The van der Waals surface area contributed by atoms with E-state index in [-0.39, 0.29) is 6.10 Å². The summed E-state index contributed by atoms with van der Waals surface area (Å²) in [6.07, 6.45) is 0.201. The molecule has 0 radical (unpaired) electrons. The van der Waals surface area contributed by atoms with Crippen molar-refractivity contribution in [3.63, 3.8) is 0 Å². The molecule has 4 heteroatoms. The predicted molar refractivity (Wildman–Crippen MR) is 71.8 cm³/mol. The minimum atomic E-state index is 0.201. The van der Waals surface area contributed by atoms with E-state index in [4.69, 9.17) is 14.7 Å². The predicted octanol–water partition coefficient (Wildman–Crippen LogP) is 3.00. The maximum absolute atomic E-state index is 8.86. The van der Waals surface area contributed by atoms with Crippen molar-refractivity contribution in [1.82, 2.24) is 0 Å². The molecule has 1 N–H and O–H groups in total. The van der Waals surface area contributed by atoms with E-state index >= 15 is 0 Å². The van der Waals surface area contributed by atoms with Crippen LogP contribution in [0.3, 0.4) is 0 Å². The molecule has 0 fully saturated rings. The number of hydrogen-bond acceptors (Lipinski definition) is 4. The summed E-state index contributed by atoms with van der Waals surface area (Å²) < 4.78 is 11.1. The molecule has 18 heavy (non-hydrogen) atoms. The Labute approximate surface area is 108 Å². The highest BCUT2D eigenvalue weighted by Gasteiger charge is 2.08. The first-order valence-electron chi connectivity index (χ1n) is 6.08. The van der Waals surface area contributed by atoms with E-state index in [0.29, 0.717) is 24.7 Å². The first-order valence-corrected chi connectivity index (χ1v) is 6.08. The first kappa shape index (κ1) is 14.5. The third-order valence-corrected chi connectivity index (χ3v) is 2.47. The fourth-order valence-corrected chi connectivity index (χ4v) is 1.54. The maximum atomic E-state index is 8.86. The van der Waals surface area contributed by atoms with Crippen molar-refractivity contribution in [3.05, 3.63) is 29.3 Å². The Balaban J connectivity index is 2.70. The number of oxime groups is 1. The average molecular weight is 251 g/mol. The molecule has 1 aromatic rings. The van der Waals surface area contributed by atoms with Gasteiger partial charge < -0.3 is 14.7 Å². The highest BCUT2D eigenvalue weighted by atomic mass is 16.5. The van der Waals surface area contributed by atoms with Crippen LogP contribution in [0.4, 0.5) is 0 Å². The van der Waals surface area contributed by atoms with Crippen molar-refractivity contribution in [2.75, 3.05) is 13.2 Å². The summed E-state index contributed by atoms with van der Waals surface area (Å²) in [5.41, 5.74) is 2.44. The van der Waals surface area contributed by atoms with Crippen LogP contribution in [-0.2, 0) is 4.74 Å². The molecule has 0 bridgehead atoms. The van der Waals surface area contributed by atoms with Crippen LogP contribution >= 0.6 is 0 Å². The van der Waals surface area contributed by atoms with Crippen molar-refractivity contribution in [3.8, 4) is 5.75 Å². The second-order valence-electron chi connectivity index (χ2n) is 4.45. The third-order valence-electron chi connectivity index (χ3n) is 2.47. The van der Waals surface area contributed by atoms with Crippen molar-refractivity contribution in [2.24, 2.45) is 5.16 Å². The van der Waals surface area contributed by atoms with Gasteiger partial charge in [-0.1, -0.05) is 16.8 Å². The highest BCUT2D eigenvalue weighted by molar-refractivity contribution is 6.00. The molecule has 0 heterocycles. The summed E-state index contributed by atoms with van der Waals surface area (Å²) in [7, 11) is 0. The second-order valence-corrected chi connectivity index (χ2v) is 4.45. The van der Waals surface area contributed by atoms with E-state index in [1.807, 2.05) is 39.0 Å². The van der Waals surface area contributed by atoms with Crippen molar-refractivity contribution in [2.45, 2.75) is 33.8 Å². The van der Waals surface area contributed by atoms with E-state index in [1.165, 1.54) is 0 Å². The zero-order valence-corrected chi connectivity index (χ0v) is 11.4. The number of nitrogens with zero attached hydrogens (tertiary/aromatic N) is 1. The molecule has 4 nitrogen and oxygen atoms in total. The molecule has 1 aromatic carbocycles. The molecule has 0 aliphatic rings. The minimum Gasteiger partial charge on any atom is -0.490 e. The zero-order valence-electron chi connectivity index (χ0n) is 11.4. The van der Waals surface area contributed by atoms with Crippen LogP contribution in [0.1, 0.15) is 31.9 Å². The lowest BCUT2D eigenvalue weighted by atomic mass is 10.1. The quantitative estimate of drug-likeness (QED) is 0.366. The topological polar surface area (TPSA) is 51.1 Å². The molecule has 0 atom stereocenters. The number of hydrogen-bond donors (Lipinski definition) is 1. The molecule has 0 aromatic heterocycles. The summed E-state index contributed by atoms with van der Waals surface area (Å²) in [6.45, 7) is 8.72. The Bertz CT molecular complexity index is 414. The summed E-state index contributed by atoms with van der Waals surface area (Å²) in [5.74, 6) is 0.711. The van der Waals surface area contributed by atoms with Gasteiger partial charge >= 0.3 is 0 Å². The van der Waals surface area contributed by atoms with E-state index in [9.17, 15) is 0 Å². The van der Waals surface area contributed by atoms with Gasteiger partial charge in [0, 0.05) is 5.56 Å². The number of benzene rings is 1. The molecule has 0 amide bonds. The average Bonchev–Trinajstić information content (AvgIpc) is 2.34. The van der Waals surface area contributed by atoms with Gasteiger partial charge in [0.1, 0.15) is 12.4 Å². The van der Waals surface area contributed by atoms with Gasteiger partial charge in [-0.25, -0.2) is 0 Å². The molecule has 0 spiro atoms. The highest BCUT2D eigenvalue weighted by Crippen LogP contribution is 2.21. The minimum absolute atomic E-state index is 0.201. The van der Waals surface area contributed by atoms with E-state index in [2.05, 4.69) is 5.16 Å². The van der Waals surface area contributed by atoms with Crippen LogP contribution in [0.2, 0.25) is 0 Å². The van der Waals surface area contributed by atoms with Crippen LogP contribution in [0.5, 0.6) is 5.75 Å². The Morgan fingerprint density at radius 1 is 1.33 bits per heavy atom. The van der Waals surface area contributed by atoms with Crippen LogP contribution < -0.4 is 4.74 Å². The lowest BCUT2D eigenvalue weighted by molar-refractivity contribution is 0.0552. The SMILES string of the molecule is CC(=NO)c1cc(C)ccc1OCCOC(C)C. The Kier molecular flexibility index (Phi) is 5.65. The van der Waals surface area contributed by atoms with Gasteiger partial charge in [-0.2, -0.15) is 0 Å². The third kappa shape index (κ3) is 4.37. The zero-order chi connectivity index (χ0) is 13.5. The smallest absolute Gasteiger partial charge is 0.128 e. The van der Waals surface area contributed by atoms with Crippen LogP contribution in [0.15, 0.2) is 23.4 Å². The fourth-order valence-electron chi connectivity index (χ4n) is 1.54. The van der Waals surface area contributed by atoms with Gasteiger partial charge in [-0.15, -0.1) is 0 Å². The molecule has 0 aliphatic carbocycles. The Morgan fingerprint density at radius 2 is 2.06 bits per heavy atom. The van der Waals surface area contributed by atoms with Gasteiger partial charge in [0.05, 0.1) is 18.4 Å². The summed E-state index contributed by atoms with van der Waals surface area (Å²) in [6, 6.07) is 5.79. The Morgan fingerprint density at radius 3 is 2.67 bits per heavy atom. The van der Waals surface area contributed by atoms with Crippen molar-refractivity contribution in [1.29, 1.82) is 0 Å². The first-order chi connectivity index (χ1) is 8.54. The molecular formula is C14H21NO3. The monoisotopic (exact) mass is 251 g/mol. The van der Waals surface area contributed by atoms with Crippen LogP contribution in [-0.4, -0.2) is 30.2 Å². The molecule has 100 valence electrons. The van der Waals surface area contributed by atoms with Crippen LogP contribution in [0, 0.1) is 6.92 Å². The van der Waals surface area contributed by atoms with Gasteiger partial charge in [0.25, 0.3) is 0 Å². The van der Waals surface area contributed by atoms with E-state index < -0.39 is 0 Å². The molecule has 0 unspecified atom stereocenters. The molecular weight excluding hydrogens is 230 g/mol.